The van der Waals surface area contributed by atoms with E-state index < -0.39 is 0 Å². The van der Waals surface area contributed by atoms with E-state index in [1.165, 1.54) is 10.9 Å². The summed E-state index contributed by atoms with van der Waals surface area (Å²) >= 11 is 0. The monoisotopic (exact) mass is 468 g/mol. The third kappa shape index (κ3) is 5.95. The van der Waals surface area contributed by atoms with Crippen LogP contribution in [0, 0.1) is 12.8 Å². The minimum atomic E-state index is -0.379. The van der Waals surface area contributed by atoms with E-state index in [-0.39, 0.29) is 22.9 Å². The van der Waals surface area contributed by atoms with Gasteiger partial charge in [-0.3, -0.25) is 9.59 Å². The Bertz CT molecular complexity index is 1380. The molecule has 2 N–H and O–H groups in total. The molecule has 0 radical (unpaired) electrons. The number of carbonyl (C=O) groups excluding carboxylic acids is 1. The number of anilines is 2. The van der Waals surface area contributed by atoms with Crippen LogP contribution in [0.4, 0.5) is 11.4 Å². The Morgan fingerprint density at radius 2 is 1.77 bits per heavy atom. The van der Waals surface area contributed by atoms with Crippen molar-refractivity contribution in [1.82, 2.24) is 15.1 Å². The molecule has 1 aromatic heterocycles. The van der Waals surface area contributed by atoms with Gasteiger partial charge >= 0.3 is 0 Å². The van der Waals surface area contributed by atoms with E-state index >= 15 is 0 Å². The topological polar surface area (TPSA) is 85.2 Å². The Hall–Kier alpha value is -4.39. The number of aryl methyl sites for hydroxylation is 1. The highest BCUT2D eigenvalue weighted by Crippen LogP contribution is 2.29. The minimum Gasteiger partial charge on any atom is -0.453 e. The first kappa shape index (κ1) is 23.8. The molecule has 4 aromatic rings. The first-order valence-electron chi connectivity index (χ1n) is 11.5. The lowest BCUT2D eigenvalue weighted by atomic mass is 10.1. The molecule has 0 unspecified atom stereocenters. The first-order chi connectivity index (χ1) is 16.9. The van der Waals surface area contributed by atoms with Gasteiger partial charge in [0.1, 0.15) is 5.75 Å². The molecule has 0 saturated carbocycles. The van der Waals surface area contributed by atoms with Crippen LogP contribution in [0.5, 0.6) is 11.5 Å². The van der Waals surface area contributed by atoms with Crippen LogP contribution in [-0.2, 0) is 0 Å². The van der Waals surface area contributed by atoms with Crippen molar-refractivity contribution in [2.75, 3.05) is 11.9 Å². The molecule has 1 heterocycles. The summed E-state index contributed by atoms with van der Waals surface area (Å²) in [7, 11) is 0. The van der Waals surface area contributed by atoms with Gasteiger partial charge in [0.2, 0.25) is 0 Å². The summed E-state index contributed by atoms with van der Waals surface area (Å²) < 4.78 is 7.37. The van der Waals surface area contributed by atoms with E-state index in [9.17, 15) is 9.59 Å². The van der Waals surface area contributed by atoms with E-state index in [4.69, 9.17) is 4.74 Å². The van der Waals surface area contributed by atoms with Gasteiger partial charge in [-0.05, 0) is 60.9 Å². The van der Waals surface area contributed by atoms with Crippen LogP contribution in [-0.4, -0.2) is 22.2 Å². The zero-order chi connectivity index (χ0) is 24.8. The highest BCUT2D eigenvalue weighted by molar-refractivity contribution is 5.95. The molecule has 0 aliphatic carbocycles. The van der Waals surface area contributed by atoms with Crippen molar-refractivity contribution in [3.63, 3.8) is 0 Å². The molecule has 0 atom stereocenters. The van der Waals surface area contributed by atoms with E-state index in [1.54, 1.807) is 36.4 Å². The number of amides is 1. The second-order valence-electron chi connectivity index (χ2n) is 8.66. The summed E-state index contributed by atoms with van der Waals surface area (Å²) in [5.41, 5.74) is 2.57. The van der Waals surface area contributed by atoms with E-state index in [0.717, 1.165) is 5.56 Å². The summed E-state index contributed by atoms with van der Waals surface area (Å²) in [5.74, 6) is 1.04. The van der Waals surface area contributed by atoms with Crippen LogP contribution in [0.3, 0.4) is 0 Å². The fourth-order valence-electron chi connectivity index (χ4n) is 3.47. The van der Waals surface area contributed by atoms with Gasteiger partial charge in [0.05, 0.1) is 11.9 Å². The predicted octanol–water partition coefficient (Wildman–Crippen LogP) is 5.46. The zero-order valence-corrected chi connectivity index (χ0v) is 20.0. The molecule has 0 aliphatic heterocycles. The SMILES string of the molecule is Cc1cccc(Oc2cnn(-c3ccccc3)c(=O)c2Nc2cccc(C(=O)NCC(C)C)c2)c1. The number of hydrogen-bond donors (Lipinski definition) is 2. The number of carbonyl (C=O) groups is 1. The molecular weight excluding hydrogens is 440 g/mol. The summed E-state index contributed by atoms with van der Waals surface area (Å²) in [6.45, 7) is 6.62. The van der Waals surface area contributed by atoms with Crippen LogP contribution in [0.2, 0.25) is 0 Å². The van der Waals surface area contributed by atoms with Crippen molar-refractivity contribution >= 4 is 17.3 Å². The molecule has 1 amide bonds. The van der Waals surface area contributed by atoms with Crippen molar-refractivity contribution in [2.24, 2.45) is 5.92 Å². The maximum Gasteiger partial charge on any atom is 0.299 e. The maximum atomic E-state index is 13.5. The number of hydrogen-bond acceptors (Lipinski definition) is 5. The Labute approximate surface area is 204 Å². The summed E-state index contributed by atoms with van der Waals surface area (Å²) in [5, 5.41) is 10.4. The third-order valence-electron chi connectivity index (χ3n) is 5.23. The average molecular weight is 469 g/mol. The van der Waals surface area contributed by atoms with Crippen LogP contribution in [0.1, 0.15) is 29.8 Å². The van der Waals surface area contributed by atoms with E-state index in [0.29, 0.717) is 35.2 Å². The van der Waals surface area contributed by atoms with Crippen LogP contribution >= 0.6 is 0 Å². The Morgan fingerprint density at radius 3 is 2.51 bits per heavy atom. The Morgan fingerprint density at radius 1 is 1.00 bits per heavy atom. The molecule has 35 heavy (non-hydrogen) atoms. The zero-order valence-electron chi connectivity index (χ0n) is 20.0. The normalized spacial score (nSPS) is 10.7. The van der Waals surface area contributed by atoms with Gasteiger partial charge < -0.3 is 15.4 Å². The Kier molecular flexibility index (Phi) is 7.26. The fourth-order valence-corrected chi connectivity index (χ4v) is 3.47. The molecule has 0 bridgehead atoms. The number of para-hydroxylation sites is 1. The van der Waals surface area contributed by atoms with E-state index in [1.807, 2.05) is 63.2 Å². The number of ether oxygens (including phenoxy) is 1. The fraction of sp³-hybridized carbons (Fsp3) is 0.179. The van der Waals surface area contributed by atoms with Gasteiger partial charge in [-0.25, -0.2) is 0 Å². The average Bonchev–Trinajstić information content (AvgIpc) is 2.85. The molecule has 0 aliphatic rings. The van der Waals surface area contributed by atoms with Crippen molar-refractivity contribution < 1.29 is 9.53 Å². The lowest BCUT2D eigenvalue weighted by Crippen LogP contribution is -2.27. The second-order valence-corrected chi connectivity index (χ2v) is 8.66. The van der Waals surface area contributed by atoms with E-state index in [2.05, 4.69) is 15.7 Å². The van der Waals surface area contributed by atoms with Gasteiger partial charge in [0.25, 0.3) is 11.5 Å². The van der Waals surface area contributed by atoms with Crippen LogP contribution in [0.15, 0.2) is 89.9 Å². The quantitative estimate of drug-likeness (QED) is 0.359. The Balaban J connectivity index is 1.72. The minimum absolute atomic E-state index is 0.171. The molecular formula is C28H28N4O3. The summed E-state index contributed by atoms with van der Waals surface area (Å²) in [4.78, 5) is 26.1. The molecule has 0 saturated heterocycles. The number of aromatic nitrogens is 2. The predicted molar refractivity (Wildman–Crippen MR) is 138 cm³/mol. The van der Waals surface area contributed by atoms with Gasteiger partial charge in [0, 0.05) is 17.8 Å². The number of nitrogens with one attached hydrogen (secondary N) is 2. The molecule has 3 aromatic carbocycles. The van der Waals surface area contributed by atoms with Gasteiger partial charge in [-0.1, -0.05) is 50.2 Å². The molecule has 0 fully saturated rings. The molecule has 4 rings (SSSR count). The smallest absolute Gasteiger partial charge is 0.299 e. The van der Waals surface area contributed by atoms with Crippen molar-refractivity contribution in [1.29, 1.82) is 0 Å². The largest absolute Gasteiger partial charge is 0.453 e. The van der Waals surface area contributed by atoms with Crippen LogP contribution in [0.25, 0.3) is 5.69 Å². The standard InChI is InChI=1S/C28H28N4O3/c1-19(2)17-29-27(33)21-10-8-11-22(16-21)31-26-25(35-24-14-7-9-20(3)15-24)18-30-32(28(26)34)23-12-5-4-6-13-23/h4-16,18-19,31H,17H2,1-3H3,(H,29,33). The lowest BCUT2D eigenvalue weighted by molar-refractivity contribution is 0.0949. The van der Waals surface area contributed by atoms with Gasteiger partial charge in [-0.2, -0.15) is 9.78 Å². The molecule has 0 spiro atoms. The first-order valence-corrected chi connectivity index (χ1v) is 11.5. The molecule has 178 valence electrons. The summed E-state index contributed by atoms with van der Waals surface area (Å²) in [6, 6.07) is 23.7. The third-order valence-corrected chi connectivity index (χ3v) is 5.23. The number of rotatable bonds is 8. The van der Waals surface area contributed by atoms with Gasteiger partial charge in [-0.15, -0.1) is 0 Å². The van der Waals surface area contributed by atoms with Crippen molar-refractivity contribution in [3.05, 3.63) is 107 Å². The molecule has 7 heteroatoms. The maximum absolute atomic E-state index is 13.5. The highest BCUT2D eigenvalue weighted by atomic mass is 16.5. The van der Waals surface area contributed by atoms with Gasteiger partial charge in [0.15, 0.2) is 11.4 Å². The van der Waals surface area contributed by atoms with Crippen LogP contribution < -0.4 is 20.9 Å². The molecule has 7 nitrogen and oxygen atoms in total. The number of nitrogens with zero attached hydrogens (tertiary/aromatic N) is 2. The lowest BCUT2D eigenvalue weighted by Gasteiger charge is -2.15. The second kappa shape index (κ2) is 10.7. The highest BCUT2D eigenvalue weighted by Gasteiger charge is 2.16. The van der Waals surface area contributed by atoms with Crippen molar-refractivity contribution in [3.8, 4) is 17.2 Å². The van der Waals surface area contributed by atoms with Crippen molar-refractivity contribution in [2.45, 2.75) is 20.8 Å². The summed E-state index contributed by atoms with van der Waals surface area (Å²) in [6.07, 6.45) is 1.51. The number of benzene rings is 3.